The van der Waals surface area contributed by atoms with E-state index < -0.39 is 0 Å². The average molecular weight is 126 g/mol. The minimum absolute atomic E-state index is 0.536. The lowest BCUT2D eigenvalue weighted by molar-refractivity contribution is 0.0136. The van der Waals surface area contributed by atoms with Crippen molar-refractivity contribution in [2.75, 3.05) is 26.7 Å². The quantitative estimate of drug-likeness (QED) is 0.468. The molecule has 0 amide bonds. The Morgan fingerprint density at radius 2 is 2.33 bits per heavy atom. The molecule has 2 fully saturated rings. The first-order valence-corrected chi connectivity index (χ1v) is 3.43. The van der Waals surface area contributed by atoms with E-state index in [-0.39, 0.29) is 0 Å². The van der Waals surface area contributed by atoms with Gasteiger partial charge in [0.25, 0.3) is 0 Å². The highest BCUT2D eigenvalue weighted by atomic mass is 16.5. The summed E-state index contributed by atoms with van der Waals surface area (Å²) in [5.74, 6) is 0. The lowest BCUT2D eigenvalue weighted by Gasteiger charge is -2.44. The Kier molecular flexibility index (Phi) is 1.08. The van der Waals surface area contributed by atoms with E-state index in [1.165, 1.54) is 13.1 Å². The number of rotatable bonds is 0. The van der Waals surface area contributed by atoms with Gasteiger partial charge in [0.15, 0.2) is 0 Å². The summed E-state index contributed by atoms with van der Waals surface area (Å²) in [6.07, 6.45) is 1.16. The SMILES string of the molecule is CN1CC2(C[CH]OC2)C1. The molecule has 2 aliphatic heterocycles. The second kappa shape index (κ2) is 1.70. The molecule has 0 atom stereocenters. The van der Waals surface area contributed by atoms with Gasteiger partial charge < -0.3 is 9.64 Å². The van der Waals surface area contributed by atoms with E-state index >= 15 is 0 Å². The fourth-order valence-electron chi connectivity index (χ4n) is 1.85. The van der Waals surface area contributed by atoms with Crippen molar-refractivity contribution >= 4 is 0 Å². The normalized spacial score (nSPS) is 33.0. The molecule has 2 aliphatic rings. The van der Waals surface area contributed by atoms with Gasteiger partial charge in [0.05, 0.1) is 13.2 Å². The zero-order valence-electron chi connectivity index (χ0n) is 5.76. The molecule has 2 saturated heterocycles. The molecule has 0 aromatic carbocycles. The van der Waals surface area contributed by atoms with E-state index in [1.807, 2.05) is 6.61 Å². The second-order valence-corrected chi connectivity index (χ2v) is 3.35. The number of likely N-dealkylation sites (tertiary alicyclic amines) is 1. The Morgan fingerprint density at radius 1 is 1.56 bits per heavy atom. The Morgan fingerprint density at radius 3 is 2.78 bits per heavy atom. The number of ether oxygens (including phenoxy) is 1. The third-order valence-electron chi connectivity index (χ3n) is 2.23. The van der Waals surface area contributed by atoms with Crippen LogP contribution in [0.5, 0.6) is 0 Å². The molecule has 0 aliphatic carbocycles. The van der Waals surface area contributed by atoms with E-state index in [0.29, 0.717) is 5.41 Å². The summed E-state index contributed by atoms with van der Waals surface area (Å²) < 4.78 is 5.20. The van der Waals surface area contributed by atoms with Gasteiger partial charge in [0, 0.05) is 18.5 Å². The first kappa shape index (κ1) is 5.69. The van der Waals surface area contributed by atoms with Gasteiger partial charge in [0.2, 0.25) is 0 Å². The van der Waals surface area contributed by atoms with E-state index in [2.05, 4.69) is 11.9 Å². The van der Waals surface area contributed by atoms with Gasteiger partial charge in [-0.1, -0.05) is 0 Å². The summed E-state index contributed by atoms with van der Waals surface area (Å²) >= 11 is 0. The molecular formula is C7H12NO. The molecule has 2 heteroatoms. The summed E-state index contributed by atoms with van der Waals surface area (Å²) in [5.41, 5.74) is 0.536. The van der Waals surface area contributed by atoms with Gasteiger partial charge in [-0.25, -0.2) is 0 Å². The van der Waals surface area contributed by atoms with Gasteiger partial charge in [-0.15, -0.1) is 0 Å². The van der Waals surface area contributed by atoms with Crippen LogP contribution in [0.4, 0.5) is 0 Å². The molecule has 0 aromatic heterocycles. The minimum atomic E-state index is 0.536. The van der Waals surface area contributed by atoms with Crippen molar-refractivity contribution in [3.8, 4) is 0 Å². The molecule has 0 bridgehead atoms. The minimum Gasteiger partial charge on any atom is -0.375 e. The van der Waals surface area contributed by atoms with Crippen molar-refractivity contribution in [3.63, 3.8) is 0 Å². The van der Waals surface area contributed by atoms with Gasteiger partial charge in [-0.3, -0.25) is 0 Å². The molecule has 0 N–H and O–H groups in total. The van der Waals surface area contributed by atoms with Crippen LogP contribution in [0.3, 0.4) is 0 Å². The Balaban J connectivity index is 1.95. The molecule has 2 heterocycles. The zero-order valence-corrected chi connectivity index (χ0v) is 5.76. The van der Waals surface area contributed by atoms with Crippen LogP contribution >= 0.6 is 0 Å². The maximum absolute atomic E-state index is 5.20. The van der Waals surface area contributed by atoms with Crippen LogP contribution in [0, 0.1) is 12.0 Å². The first-order valence-electron chi connectivity index (χ1n) is 3.43. The highest BCUT2D eigenvalue weighted by Gasteiger charge is 2.44. The third-order valence-corrected chi connectivity index (χ3v) is 2.23. The highest BCUT2D eigenvalue weighted by molar-refractivity contribution is 4.98. The average Bonchev–Trinajstić information content (AvgIpc) is 2.12. The van der Waals surface area contributed by atoms with Crippen molar-refractivity contribution < 1.29 is 4.74 Å². The molecule has 1 radical (unpaired) electrons. The first-order chi connectivity index (χ1) is 4.31. The van der Waals surface area contributed by atoms with Crippen molar-refractivity contribution in [1.29, 1.82) is 0 Å². The molecular weight excluding hydrogens is 114 g/mol. The lowest BCUT2D eigenvalue weighted by Crippen LogP contribution is -2.54. The van der Waals surface area contributed by atoms with E-state index in [4.69, 9.17) is 4.74 Å². The fourth-order valence-corrected chi connectivity index (χ4v) is 1.85. The van der Waals surface area contributed by atoms with Crippen LogP contribution in [0.1, 0.15) is 6.42 Å². The van der Waals surface area contributed by atoms with Crippen molar-refractivity contribution in [2.45, 2.75) is 6.42 Å². The number of nitrogens with zero attached hydrogens (tertiary/aromatic N) is 1. The number of hydrogen-bond acceptors (Lipinski definition) is 2. The van der Waals surface area contributed by atoms with Crippen molar-refractivity contribution in [1.82, 2.24) is 4.90 Å². The number of hydrogen-bond donors (Lipinski definition) is 0. The predicted molar refractivity (Wildman–Crippen MR) is 34.8 cm³/mol. The van der Waals surface area contributed by atoms with Gasteiger partial charge in [-0.05, 0) is 13.5 Å². The monoisotopic (exact) mass is 126 g/mol. The van der Waals surface area contributed by atoms with Gasteiger partial charge >= 0.3 is 0 Å². The molecule has 0 aromatic rings. The summed E-state index contributed by atoms with van der Waals surface area (Å²) in [5, 5.41) is 0. The molecule has 51 valence electrons. The molecule has 0 unspecified atom stereocenters. The summed E-state index contributed by atoms with van der Waals surface area (Å²) in [6.45, 7) is 5.36. The van der Waals surface area contributed by atoms with Crippen molar-refractivity contribution in [3.05, 3.63) is 6.61 Å². The van der Waals surface area contributed by atoms with Crippen molar-refractivity contribution in [2.24, 2.45) is 5.41 Å². The third kappa shape index (κ3) is 0.775. The largest absolute Gasteiger partial charge is 0.375 e. The lowest BCUT2D eigenvalue weighted by atomic mass is 9.80. The Bertz CT molecular complexity index is 110. The Labute approximate surface area is 55.8 Å². The zero-order chi connectivity index (χ0) is 6.32. The predicted octanol–water partition coefficient (Wildman–Crippen LogP) is 0.500. The smallest absolute Gasteiger partial charge is 0.0844 e. The second-order valence-electron chi connectivity index (χ2n) is 3.35. The van der Waals surface area contributed by atoms with Crippen LogP contribution in [0.15, 0.2) is 0 Å². The standard InChI is InChI=1S/C7H12NO/c1-8-4-7(5-8)2-3-9-6-7/h3H,2,4-6H2,1H3. The van der Waals surface area contributed by atoms with Crippen LogP contribution in [-0.2, 0) is 4.74 Å². The molecule has 9 heavy (non-hydrogen) atoms. The molecule has 2 nitrogen and oxygen atoms in total. The summed E-state index contributed by atoms with van der Waals surface area (Å²) in [6, 6.07) is 0. The van der Waals surface area contributed by atoms with Crippen LogP contribution in [-0.4, -0.2) is 31.6 Å². The highest BCUT2D eigenvalue weighted by Crippen LogP contribution is 2.38. The Hall–Kier alpha value is -0.0800. The summed E-state index contributed by atoms with van der Waals surface area (Å²) in [4.78, 5) is 2.34. The van der Waals surface area contributed by atoms with Crippen LogP contribution < -0.4 is 0 Å². The maximum Gasteiger partial charge on any atom is 0.0844 e. The maximum atomic E-state index is 5.20. The van der Waals surface area contributed by atoms with Crippen LogP contribution in [0.2, 0.25) is 0 Å². The van der Waals surface area contributed by atoms with E-state index in [9.17, 15) is 0 Å². The molecule has 2 rings (SSSR count). The fraction of sp³-hybridized carbons (Fsp3) is 0.857. The topological polar surface area (TPSA) is 12.5 Å². The van der Waals surface area contributed by atoms with Gasteiger partial charge in [0.1, 0.15) is 0 Å². The van der Waals surface area contributed by atoms with E-state index in [0.717, 1.165) is 13.0 Å². The van der Waals surface area contributed by atoms with E-state index in [1.54, 1.807) is 0 Å². The summed E-state index contributed by atoms with van der Waals surface area (Å²) in [7, 11) is 2.16. The van der Waals surface area contributed by atoms with Gasteiger partial charge in [-0.2, -0.15) is 0 Å². The molecule has 0 saturated carbocycles. The molecule has 1 spiro atoms. The van der Waals surface area contributed by atoms with Crippen LogP contribution in [0.25, 0.3) is 0 Å².